The normalized spacial score (nSPS) is 13.0. The number of hydrogen-bond acceptors (Lipinski definition) is 3. The van der Waals surface area contributed by atoms with Crippen molar-refractivity contribution in [2.24, 2.45) is 0 Å². The quantitative estimate of drug-likeness (QED) is 0.738. The van der Waals surface area contributed by atoms with E-state index in [1.54, 1.807) is 54.7 Å². The predicted octanol–water partition coefficient (Wildman–Crippen LogP) is 2.37. The first kappa shape index (κ1) is 12.8. The SMILES string of the molecule is O=P(O)(O)[C@H](Nc1ccccn1)c1ccccc1. The summed E-state index contributed by atoms with van der Waals surface area (Å²) in [6.45, 7) is 0. The Kier molecular flexibility index (Phi) is 3.77. The molecule has 1 heterocycles. The van der Waals surface area contributed by atoms with Crippen LogP contribution in [0.3, 0.4) is 0 Å². The Morgan fingerprint density at radius 2 is 1.72 bits per heavy atom. The topological polar surface area (TPSA) is 82.5 Å². The molecule has 0 saturated heterocycles. The van der Waals surface area contributed by atoms with Gasteiger partial charge in [0.2, 0.25) is 0 Å². The highest BCUT2D eigenvalue weighted by Crippen LogP contribution is 2.51. The Morgan fingerprint density at radius 3 is 2.28 bits per heavy atom. The average Bonchev–Trinajstić information content (AvgIpc) is 2.37. The summed E-state index contributed by atoms with van der Waals surface area (Å²) < 4.78 is 11.5. The standard InChI is InChI=1S/C12H13N2O3P/c15-18(16,17)12(10-6-2-1-3-7-10)14-11-8-4-5-9-13-11/h1-9,12H,(H,13,14)(H2,15,16,17)/t12-/m0/s1. The second-order valence-electron chi connectivity index (χ2n) is 3.76. The molecule has 2 rings (SSSR count). The van der Waals surface area contributed by atoms with Crippen LogP contribution in [0.25, 0.3) is 0 Å². The molecule has 0 aliphatic carbocycles. The van der Waals surface area contributed by atoms with Crippen molar-refractivity contribution in [2.45, 2.75) is 5.78 Å². The Hall–Kier alpha value is -1.68. The van der Waals surface area contributed by atoms with E-state index in [1.165, 1.54) is 0 Å². The lowest BCUT2D eigenvalue weighted by Crippen LogP contribution is -2.12. The van der Waals surface area contributed by atoms with Crippen molar-refractivity contribution in [3.63, 3.8) is 0 Å². The van der Waals surface area contributed by atoms with Gasteiger partial charge in [-0.1, -0.05) is 36.4 Å². The van der Waals surface area contributed by atoms with Gasteiger partial charge in [0.1, 0.15) is 5.82 Å². The lowest BCUT2D eigenvalue weighted by Gasteiger charge is -2.20. The molecule has 2 aromatic rings. The van der Waals surface area contributed by atoms with E-state index in [0.29, 0.717) is 11.4 Å². The molecule has 1 aromatic heterocycles. The second kappa shape index (κ2) is 5.31. The lowest BCUT2D eigenvalue weighted by atomic mass is 10.2. The smallest absolute Gasteiger partial charge is 0.352 e. The third-order valence-corrected chi connectivity index (χ3v) is 3.50. The van der Waals surface area contributed by atoms with E-state index in [9.17, 15) is 14.4 Å². The van der Waals surface area contributed by atoms with Gasteiger partial charge in [0.05, 0.1) is 0 Å². The maximum atomic E-state index is 11.5. The minimum absolute atomic E-state index is 0.426. The zero-order chi connectivity index (χ0) is 13.0. The molecule has 0 spiro atoms. The van der Waals surface area contributed by atoms with Gasteiger partial charge in [-0.2, -0.15) is 0 Å². The minimum Gasteiger partial charge on any atom is -0.353 e. The van der Waals surface area contributed by atoms with Crippen LogP contribution in [0.1, 0.15) is 11.3 Å². The molecule has 5 nitrogen and oxygen atoms in total. The number of pyridine rings is 1. The van der Waals surface area contributed by atoms with E-state index in [-0.39, 0.29) is 0 Å². The fraction of sp³-hybridized carbons (Fsp3) is 0.0833. The third-order valence-electron chi connectivity index (χ3n) is 2.40. The second-order valence-corrected chi connectivity index (χ2v) is 5.46. The number of rotatable bonds is 4. The van der Waals surface area contributed by atoms with Crippen molar-refractivity contribution in [3.8, 4) is 0 Å². The van der Waals surface area contributed by atoms with E-state index in [2.05, 4.69) is 10.3 Å². The van der Waals surface area contributed by atoms with Crippen LogP contribution in [0.15, 0.2) is 54.7 Å². The molecule has 0 aliphatic rings. The summed E-state index contributed by atoms with van der Waals surface area (Å²) in [6, 6.07) is 13.7. The molecule has 0 fully saturated rings. The first-order valence-electron chi connectivity index (χ1n) is 5.35. The van der Waals surface area contributed by atoms with Crippen molar-refractivity contribution in [1.82, 2.24) is 4.98 Å². The molecule has 6 heteroatoms. The minimum atomic E-state index is -4.31. The lowest BCUT2D eigenvalue weighted by molar-refractivity contribution is 0.363. The highest BCUT2D eigenvalue weighted by molar-refractivity contribution is 7.52. The van der Waals surface area contributed by atoms with Gasteiger partial charge in [0.25, 0.3) is 0 Å². The molecule has 1 aromatic carbocycles. The monoisotopic (exact) mass is 264 g/mol. The van der Waals surface area contributed by atoms with Crippen molar-refractivity contribution < 1.29 is 14.4 Å². The molecule has 0 unspecified atom stereocenters. The third kappa shape index (κ3) is 3.17. The summed E-state index contributed by atoms with van der Waals surface area (Å²) in [5, 5.41) is 2.76. The Labute approximate surface area is 105 Å². The molecule has 0 radical (unpaired) electrons. The van der Waals surface area contributed by atoms with Crippen LogP contribution < -0.4 is 5.32 Å². The Bertz CT molecular complexity index is 542. The van der Waals surface area contributed by atoms with Crippen LogP contribution in [0, 0.1) is 0 Å². The molecule has 3 N–H and O–H groups in total. The van der Waals surface area contributed by atoms with Gasteiger partial charge in [-0.15, -0.1) is 0 Å². The van der Waals surface area contributed by atoms with Crippen LogP contribution in [0.5, 0.6) is 0 Å². The Morgan fingerprint density at radius 1 is 1.06 bits per heavy atom. The van der Waals surface area contributed by atoms with Gasteiger partial charge in [-0.3, -0.25) is 4.57 Å². The summed E-state index contributed by atoms with van der Waals surface area (Å²) in [4.78, 5) is 22.8. The van der Waals surface area contributed by atoms with Crippen LogP contribution >= 0.6 is 7.60 Å². The summed E-state index contributed by atoms with van der Waals surface area (Å²) in [7, 11) is -4.31. The summed E-state index contributed by atoms with van der Waals surface area (Å²) >= 11 is 0. The fourth-order valence-electron chi connectivity index (χ4n) is 1.59. The zero-order valence-corrected chi connectivity index (χ0v) is 10.4. The number of hydrogen-bond donors (Lipinski definition) is 3. The molecule has 18 heavy (non-hydrogen) atoms. The van der Waals surface area contributed by atoms with Crippen molar-refractivity contribution >= 4 is 13.4 Å². The largest absolute Gasteiger partial charge is 0.353 e. The molecule has 0 bridgehead atoms. The molecule has 0 saturated carbocycles. The van der Waals surface area contributed by atoms with E-state index in [1.807, 2.05) is 0 Å². The van der Waals surface area contributed by atoms with Gasteiger partial charge in [0.15, 0.2) is 5.78 Å². The molecular formula is C12H13N2O3P. The maximum absolute atomic E-state index is 11.5. The van der Waals surface area contributed by atoms with Crippen molar-refractivity contribution in [3.05, 3.63) is 60.3 Å². The molecule has 1 atom stereocenters. The number of aromatic nitrogens is 1. The molecular weight excluding hydrogens is 251 g/mol. The van der Waals surface area contributed by atoms with Crippen LogP contribution in [0.4, 0.5) is 5.82 Å². The van der Waals surface area contributed by atoms with E-state index >= 15 is 0 Å². The van der Waals surface area contributed by atoms with Crippen LogP contribution in [-0.4, -0.2) is 14.8 Å². The number of benzene rings is 1. The maximum Gasteiger partial charge on any atom is 0.352 e. The Balaban J connectivity index is 2.31. The van der Waals surface area contributed by atoms with Gasteiger partial charge in [-0.25, -0.2) is 4.98 Å². The molecule has 94 valence electrons. The van der Waals surface area contributed by atoms with Crippen LogP contribution in [0.2, 0.25) is 0 Å². The zero-order valence-electron chi connectivity index (χ0n) is 9.47. The van der Waals surface area contributed by atoms with Gasteiger partial charge in [0, 0.05) is 6.20 Å². The van der Waals surface area contributed by atoms with E-state index < -0.39 is 13.4 Å². The highest BCUT2D eigenvalue weighted by Gasteiger charge is 2.30. The fourth-order valence-corrected chi connectivity index (χ4v) is 2.45. The van der Waals surface area contributed by atoms with Crippen molar-refractivity contribution in [2.75, 3.05) is 5.32 Å². The number of nitrogens with zero attached hydrogens (tertiary/aromatic N) is 1. The number of anilines is 1. The van der Waals surface area contributed by atoms with Gasteiger partial charge in [-0.05, 0) is 17.7 Å². The van der Waals surface area contributed by atoms with Gasteiger partial charge >= 0.3 is 7.60 Å². The van der Waals surface area contributed by atoms with E-state index in [0.717, 1.165) is 0 Å². The molecule has 0 aliphatic heterocycles. The molecule has 0 amide bonds. The highest BCUT2D eigenvalue weighted by atomic mass is 31.2. The predicted molar refractivity (Wildman–Crippen MR) is 69.1 cm³/mol. The first-order chi connectivity index (χ1) is 8.57. The first-order valence-corrected chi connectivity index (χ1v) is 7.03. The summed E-state index contributed by atoms with van der Waals surface area (Å²) in [5.41, 5.74) is 0.525. The number of nitrogens with one attached hydrogen (secondary N) is 1. The van der Waals surface area contributed by atoms with E-state index in [4.69, 9.17) is 0 Å². The van der Waals surface area contributed by atoms with Gasteiger partial charge < -0.3 is 15.1 Å². The average molecular weight is 264 g/mol. The van der Waals surface area contributed by atoms with Crippen LogP contribution in [-0.2, 0) is 4.57 Å². The summed E-state index contributed by atoms with van der Waals surface area (Å²) in [6.07, 6.45) is 1.56. The summed E-state index contributed by atoms with van der Waals surface area (Å²) in [5.74, 6) is -0.664. The van der Waals surface area contributed by atoms with Crippen molar-refractivity contribution in [1.29, 1.82) is 0 Å².